The highest BCUT2D eigenvalue weighted by Gasteiger charge is 2.33. The summed E-state index contributed by atoms with van der Waals surface area (Å²) in [6.45, 7) is 0. The third-order valence-electron chi connectivity index (χ3n) is 3.99. The summed E-state index contributed by atoms with van der Waals surface area (Å²) in [7, 11) is 1.45. The molecule has 0 aliphatic heterocycles. The number of ether oxygens (including phenoxy) is 1. The molecule has 2 fully saturated rings. The quantitative estimate of drug-likeness (QED) is 0.771. The van der Waals surface area contributed by atoms with E-state index in [4.69, 9.17) is 9.15 Å². The molecule has 0 amide bonds. The second-order valence-electron chi connectivity index (χ2n) is 5.32. The standard InChI is InChI=1S/C13H18N2O3/c1-17-13(16)10-6-4-9(5-7-10)12-15-14-11(18-12)8-2-3-8/h8-10H,2-7H2,1H3. The van der Waals surface area contributed by atoms with Crippen LogP contribution in [0.15, 0.2) is 4.42 Å². The summed E-state index contributed by atoms with van der Waals surface area (Å²) in [6.07, 6.45) is 5.95. The van der Waals surface area contributed by atoms with E-state index in [0.717, 1.165) is 37.5 Å². The minimum Gasteiger partial charge on any atom is -0.469 e. The Morgan fingerprint density at radius 3 is 2.00 bits per heavy atom. The van der Waals surface area contributed by atoms with Crippen molar-refractivity contribution in [3.8, 4) is 0 Å². The zero-order valence-electron chi connectivity index (χ0n) is 10.6. The Balaban J connectivity index is 1.59. The van der Waals surface area contributed by atoms with Crippen LogP contribution in [-0.2, 0) is 9.53 Å². The average molecular weight is 250 g/mol. The first-order valence-electron chi connectivity index (χ1n) is 6.69. The molecule has 5 heteroatoms. The van der Waals surface area contributed by atoms with Gasteiger partial charge in [-0.2, -0.15) is 0 Å². The summed E-state index contributed by atoms with van der Waals surface area (Å²) < 4.78 is 10.5. The molecular weight excluding hydrogens is 232 g/mol. The zero-order valence-corrected chi connectivity index (χ0v) is 10.6. The van der Waals surface area contributed by atoms with Gasteiger partial charge in [0.2, 0.25) is 11.8 Å². The molecule has 5 nitrogen and oxygen atoms in total. The Morgan fingerprint density at radius 2 is 1.56 bits per heavy atom. The van der Waals surface area contributed by atoms with Crippen LogP contribution in [0, 0.1) is 5.92 Å². The maximum absolute atomic E-state index is 11.4. The van der Waals surface area contributed by atoms with Crippen LogP contribution < -0.4 is 0 Å². The lowest BCUT2D eigenvalue weighted by Gasteiger charge is -2.24. The zero-order chi connectivity index (χ0) is 12.5. The van der Waals surface area contributed by atoms with Crippen LogP contribution in [0.25, 0.3) is 0 Å². The van der Waals surface area contributed by atoms with Crippen molar-refractivity contribution in [2.24, 2.45) is 5.92 Å². The number of aromatic nitrogens is 2. The van der Waals surface area contributed by atoms with Gasteiger partial charge in [0, 0.05) is 11.8 Å². The topological polar surface area (TPSA) is 65.2 Å². The SMILES string of the molecule is COC(=O)C1CCC(c2nnc(C3CC3)o2)CC1. The van der Waals surface area contributed by atoms with Crippen molar-refractivity contribution in [1.29, 1.82) is 0 Å². The van der Waals surface area contributed by atoms with Crippen LogP contribution in [0.2, 0.25) is 0 Å². The molecular formula is C13H18N2O3. The second kappa shape index (κ2) is 4.71. The molecule has 0 unspecified atom stereocenters. The van der Waals surface area contributed by atoms with Gasteiger partial charge in [-0.1, -0.05) is 0 Å². The van der Waals surface area contributed by atoms with Gasteiger partial charge in [0.05, 0.1) is 13.0 Å². The van der Waals surface area contributed by atoms with Crippen LogP contribution in [-0.4, -0.2) is 23.3 Å². The predicted molar refractivity (Wildman–Crippen MR) is 63.0 cm³/mol. The summed E-state index contributed by atoms with van der Waals surface area (Å²) in [5.41, 5.74) is 0. The molecule has 0 N–H and O–H groups in total. The number of hydrogen-bond acceptors (Lipinski definition) is 5. The van der Waals surface area contributed by atoms with Crippen molar-refractivity contribution >= 4 is 5.97 Å². The van der Waals surface area contributed by atoms with E-state index in [1.165, 1.54) is 20.0 Å². The van der Waals surface area contributed by atoms with Gasteiger partial charge >= 0.3 is 5.97 Å². The highest BCUT2D eigenvalue weighted by molar-refractivity contribution is 5.72. The molecule has 0 spiro atoms. The van der Waals surface area contributed by atoms with Crippen molar-refractivity contribution in [1.82, 2.24) is 10.2 Å². The molecule has 18 heavy (non-hydrogen) atoms. The fourth-order valence-corrected chi connectivity index (χ4v) is 2.65. The fraction of sp³-hybridized carbons (Fsp3) is 0.769. The van der Waals surface area contributed by atoms with E-state index < -0.39 is 0 Å². The average Bonchev–Trinajstić information content (AvgIpc) is 3.16. The van der Waals surface area contributed by atoms with Crippen LogP contribution in [0.5, 0.6) is 0 Å². The van der Waals surface area contributed by atoms with Gasteiger partial charge in [-0.25, -0.2) is 0 Å². The van der Waals surface area contributed by atoms with Crippen molar-refractivity contribution in [3.63, 3.8) is 0 Å². The summed E-state index contributed by atoms with van der Waals surface area (Å²) in [5, 5.41) is 8.27. The van der Waals surface area contributed by atoms with Gasteiger partial charge in [-0.15, -0.1) is 10.2 Å². The number of methoxy groups -OCH3 is 1. The minimum atomic E-state index is -0.0855. The lowest BCUT2D eigenvalue weighted by atomic mass is 9.82. The van der Waals surface area contributed by atoms with Gasteiger partial charge < -0.3 is 9.15 Å². The van der Waals surface area contributed by atoms with Crippen molar-refractivity contribution in [2.75, 3.05) is 7.11 Å². The van der Waals surface area contributed by atoms with Gasteiger partial charge in [-0.3, -0.25) is 4.79 Å². The predicted octanol–water partition coefficient (Wildman–Crippen LogP) is 2.39. The van der Waals surface area contributed by atoms with Crippen molar-refractivity contribution < 1.29 is 13.9 Å². The van der Waals surface area contributed by atoms with Crippen LogP contribution in [0.1, 0.15) is 62.1 Å². The molecule has 3 rings (SSSR count). The molecule has 0 radical (unpaired) electrons. The number of hydrogen-bond donors (Lipinski definition) is 0. The first kappa shape index (κ1) is 11.7. The van der Waals surface area contributed by atoms with E-state index in [1.807, 2.05) is 0 Å². The molecule has 0 saturated heterocycles. The van der Waals surface area contributed by atoms with Gasteiger partial charge in [0.15, 0.2) is 0 Å². The number of esters is 1. The first-order chi connectivity index (χ1) is 8.78. The van der Waals surface area contributed by atoms with Gasteiger partial charge in [0.25, 0.3) is 0 Å². The highest BCUT2D eigenvalue weighted by atomic mass is 16.5. The Bertz CT molecular complexity index is 431. The van der Waals surface area contributed by atoms with E-state index in [-0.39, 0.29) is 11.9 Å². The van der Waals surface area contributed by atoms with Gasteiger partial charge in [-0.05, 0) is 38.5 Å². The maximum atomic E-state index is 11.4. The molecule has 2 aliphatic carbocycles. The molecule has 98 valence electrons. The normalized spacial score (nSPS) is 28.1. The lowest BCUT2D eigenvalue weighted by molar-refractivity contribution is -0.146. The van der Waals surface area contributed by atoms with E-state index in [9.17, 15) is 4.79 Å². The molecule has 0 atom stereocenters. The molecule has 2 aliphatic rings. The third kappa shape index (κ3) is 2.26. The Kier molecular flexibility index (Phi) is 3.06. The van der Waals surface area contributed by atoms with E-state index in [0.29, 0.717) is 11.8 Å². The third-order valence-corrected chi connectivity index (χ3v) is 3.99. The smallest absolute Gasteiger partial charge is 0.308 e. The Morgan fingerprint density at radius 1 is 1.06 bits per heavy atom. The minimum absolute atomic E-state index is 0.0528. The molecule has 1 heterocycles. The molecule has 2 saturated carbocycles. The maximum Gasteiger partial charge on any atom is 0.308 e. The summed E-state index contributed by atoms with van der Waals surface area (Å²) >= 11 is 0. The van der Waals surface area contributed by atoms with Crippen LogP contribution in [0.4, 0.5) is 0 Å². The highest BCUT2D eigenvalue weighted by Crippen LogP contribution is 2.41. The monoisotopic (exact) mass is 250 g/mol. The van der Waals surface area contributed by atoms with Gasteiger partial charge in [0.1, 0.15) is 0 Å². The van der Waals surface area contributed by atoms with Crippen molar-refractivity contribution in [3.05, 3.63) is 11.8 Å². The van der Waals surface area contributed by atoms with E-state index in [2.05, 4.69) is 10.2 Å². The van der Waals surface area contributed by atoms with E-state index in [1.54, 1.807) is 0 Å². The first-order valence-corrected chi connectivity index (χ1v) is 6.69. The molecule has 1 aromatic heterocycles. The Labute approximate surface area is 106 Å². The van der Waals surface area contributed by atoms with Crippen molar-refractivity contribution in [2.45, 2.75) is 50.4 Å². The molecule has 0 bridgehead atoms. The van der Waals surface area contributed by atoms with Crippen LogP contribution in [0.3, 0.4) is 0 Å². The van der Waals surface area contributed by atoms with E-state index >= 15 is 0 Å². The second-order valence-corrected chi connectivity index (χ2v) is 5.32. The number of carbonyl (C=O) groups is 1. The largest absolute Gasteiger partial charge is 0.469 e. The molecule has 1 aromatic rings. The summed E-state index contributed by atoms with van der Waals surface area (Å²) in [6, 6.07) is 0. The number of carbonyl (C=O) groups excluding carboxylic acids is 1. The number of nitrogens with zero attached hydrogens (tertiary/aromatic N) is 2. The van der Waals surface area contributed by atoms with Crippen LogP contribution >= 0.6 is 0 Å². The molecule has 0 aromatic carbocycles. The fourth-order valence-electron chi connectivity index (χ4n) is 2.65. The lowest BCUT2D eigenvalue weighted by Crippen LogP contribution is -2.22. The summed E-state index contributed by atoms with van der Waals surface area (Å²) in [5.74, 6) is 2.37. The number of rotatable bonds is 3. The summed E-state index contributed by atoms with van der Waals surface area (Å²) in [4.78, 5) is 11.4. The Hall–Kier alpha value is -1.39.